The van der Waals surface area contributed by atoms with Gasteiger partial charge in [-0.25, -0.2) is 0 Å². The van der Waals surface area contributed by atoms with Crippen LogP contribution in [0.4, 0.5) is 0 Å². The van der Waals surface area contributed by atoms with Crippen LogP contribution in [0, 0.1) is 18.3 Å². The van der Waals surface area contributed by atoms with E-state index in [1.54, 1.807) is 35.4 Å². The van der Waals surface area contributed by atoms with Gasteiger partial charge in [-0.1, -0.05) is 41.9 Å². The number of aliphatic carboxylic acids is 1. The largest absolute Gasteiger partial charge is 0.488 e. The first kappa shape index (κ1) is 37.1. The maximum absolute atomic E-state index is 12.5. The van der Waals surface area contributed by atoms with Gasteiger partial charge in [0.25, 0.3) is 5.91 Å². The minimum Gasteiger partial charge on any atom is -0.488 e. The predicted molar refractivity (Wildman–Crippen MR) is 188 cm³/mol. The lowest BCUT2D eigenvalue weighted by Crippen LogP contribution is -2.52. The molecule has 2 atom stereocenters. The average molecular weight is 715 g/mol. The number of rotatable bonds is 15. The lowest BCUT2D eigenvalue weighted by molar-refractivity contribution is -0.146. The van der Waals surface area contributed by atoms with Crippen molar-refractivity contribution >= 4 is 23.5 Å². The number of carboxylic acid groups (broad SMARTS) is 1. The zero-order chi connectivity index (χ0) is 36.5. The maximum atomic E-state index is 12.5. The van der Waals surface area contributed by atoms with Gasteiger partial charge in [-0.3, -0.25) is 19.9 Å². The van der Waals surface area contributed by atoms with Crippen LogP contribution in [0.3, 0.4) is 0 Å². The Morgan fingerprint density at radius 1 is 1.06 bits per heavy atom. The zero-order valence-electron chi connectivity index (χ0n) is 28.3. The van der Waals surface area contributed by atoms with Gasteiger partial charge in [0.15, 0.2) is 6.61 Å². The predicted octanol–water partition coefficient (Wildman–Crippen LogP) is 4.64. The van der Waals surface area contributed by atoms with Crippen LogP contribution < -0.4 is 19.5 Å². The normalized spacial score (nSPS) is 15.1. The Balaban J connectivity index is 1.33. The van der Waals surface area contributed by atoms with Crippen molar-refractivity contribution in [3.05, 3.63) is 106 Å². The molecule has 0 bridgehead atoms. The van der Waals surface area contributed by atoms with Crippen molar-refractivity contribution in [2.75, 3.05) is 26.3 Å². The third kappa shape index (κ3) is 9.33. The SMILES string of the molecule is Cc1c(COc2cc(OCc3cncc(C#N)c3)c(CNC(C)(CO)C(=O)O)cc2Cl)cccc1-c1cccc(OCC(=O)N2CC[C@H](O)C2)c1. The number of hydrogen-bond acceptors (Lipinski definition) is 10. The van der Waals surface area contributed by atoms with E-state index >= 15 is 0 Å². The number of nitriles is 1. The molecule has 4 aromatic rings. The van der Waals surface area contributed by atoms with Crippen molar-refractivity contribution < 1.29 is 39.1 Å². The third-order valence-corrected chi connectivity index (χ3v) is 9.04. The van der Waals surface area contributed by atoms with Gasteiger partial charge in [0.05, 0.1) is 23.3 Å². The number of benzene rings is 3. The van der Waals surface area contributed by atoms with Crippen molar-refractivity contribution in [2.45, 2.75) is 51.7 Å². The molecule has 266 valence electrons. The molecule has 5 rings (SSSR count). The quantitative estimate of drug-likeness (QED) is 0.135. The number of aromatic nitrogens is 1. The van der Waals surface area contributed by atoms with Crippen LogP contribution in [0.15, 0.2) is 73.1 Å². The van der Waals surface area contributed by atoms with E-state index in [0.29, 0.717) is 53.4 Å². The molecule has 0 radical (unpaired) electrons. The number of hydrogen-bond donors (Lipinski definition) is 4. The highest BCUT2D eigenvalue weighted by atomic mass is 35.5. The first-order chi connectivity index (χ1) is 24.5. The summed E-state index contributed by atoms with van der Waals surface area (Å²) in [5.74, 6) is -0.149. The fourth-order valence-electron chi connectivity index (χ4n) is 5.50. The Morgan fingerprint density at radius 3 is 2.57 bits per heavy atom. The fraction of sp³-hybridized carbons (Fsp3) is 0.316. The van der Waals surface area contributed by atoms with Crippen LogP contribution >= 0.6 is 11.6 Å². The van der Waals surface area contributed by atoms with Crippen LogP contribution in [-0.2, 0) is 29.3 Å². The van der Waals surface area contributed by atoms with E-state index in [1.165, 1.54) is 13.1 Å². The lowest BCUT2D eigenvalue weighted by atomic mass is 9.96. The molecule has 0 saturated carbocycles. The Morgan fingerprint density at radius 2 is 1.84 bits per heavy atom. The Bertz CT molecular complexity index is 1930. The van der Waals surface area contributed by atoms with E-state index in [2.05, 4.69) is 10.3 Å². The minimum absolute atomic E-state index is 0.00858. The summed E-state index contributed by atoms with van der Waals surface area (Å²) in [6, 6.07) is 20.3. The van der Waals surface area contributed by atoms with Crippen molar-refractivity contribution in [1.29, 1.82) is 5.26 Å². The summed E-state index contributed by atoms with van der Waals surface area (Å²) < 4.78 is 18.2. The van der Waals surface area contributed by atoms with Crippen molar-refractivity contribution in [3.8, 4) is 34.4 Å². The molecule has 1 aliphatic heterocycles. The monoisotopic (exact) mass is 714 g/mol. The van der Waals surface area contributed by atoms with E-state index in [0.717, 1.165) is 22.3 Å². The topological polar surface area (TPSA) is 174 Å². The minimum atomic E-state index is -1.60. The number of nitrogens with one attached hydrogen (secondary N) is 1. The summed E-state index contributed by atoms with van der Waals surface area (Å²) in [5, 5.41) is 41.5. The molecular weight excluding hydrogens is 676 g/mol. The molecule has 1 saturated heterocycles. The zero-order valence-corrected chi connectivity index (χ0v) is 29.0. The molecule has 13 heteroatoms. The molecule has 3 aromatic carbocycles. The molecule has 1 aliphatic rings. The number of pyridine rings is 1. The smallest absolute Gasteiger partial charge is 0.326 e. The molecule has 0 aliphatic carbocycles. The summed E-state index contributed by atoms with van der Waals surface area (Å²) >= 11 is 6.68. The number of likely N-dealkylation sites (tertiary alicyclic amines) is 1. The van der Waals surface area contributed by atoms with E-state index in [9.17, 15) is 30.2 Å². The number of halogens is 1. The van der Waals surface area contributed by atoms with Gasteiger partial charge < -0.3 is 34.4 Å². The molecule has 12 nitrogen and oxygen atoms in total. The highest BCUT2D eigenvalue weighted by Crippen LogP contribution is 2.35. The average Bonchev–Trinajstić information content (AvgIpc) is 3.58. The van der Waals surface area contributed by atoms with Crippen LogP contribution in [0.25, 0.3) is 11.1 Å². The standard InChI is InChI=1S/C38H39ClN4O8/c1-24-28(6-4-8-32(24)27-5-3-7-31(12-27)49-22-36(46)43-10-9-30(45)19-43)21-51-35-14-34(50-20-26-11-25(15-40)16-41-17-26)29(13-33(35)39)18-42-38(2,23-44)37(47)48/h3-8,11-14,16-17,30,42,44-45H,9-10,18-23H2,1-2H3,(H,47,48)/t30-,38?/m0/s1. The number of aliphatic hydroxyl groups excluding tert-OH is 2. The van der Waals surface area contributed by atoms with Gasteiger partial charge in [0.1, 0.15) is 42.1 Å². The molecule has 4 N–H and O–H groups in total. The first-order valence-corrected chi connectivity index (χ1v) is 16.7. The van der Waals surface area contributed by atoms with Crippen molar-refractivity contribution in [3.63, 3.8) is 0 Å². The number of carbonyl (C=O) groups is 2. The van der Waals surface area contributed by atoms with Gasteiger partial charge in [0.2, 0.25) is 0 Å². The maximum Gasteiger partial charge on any atom is 0.326 e. The summed E-state index contributed by atoms with van der Waals surface area (Å²) in [6.07, 6.45) is 3.11. The Labute approximate surface area is 300 Å². The van der Waals surface area contributed by atoms with E-state index in [1.807, 2.05) is 49.4 Å². The molecule has 2 heterocycles. The second-order valence-electron chi connectivity index (χ2n) is 12.5. The lowest BCUT2D eigenvalue weighted by Gasteiger charge is -2.25. The summed E-state index contributed by atoms with van der Waals surface area (Å²) in [5.41, 5.74) is 3.65. The number of aliphatic hydroxyl groups is 2. The van der Waals surface area contributed by atoms with E-state index in [-0.39, 0.29) is 37.3 Å². The van der Waals surface area contributed by atoms with Crippen LogP contribution in [0.2, 0.25) is 5.02 Å². The number of nitrogens with zero attached hydrogens (tertiary/aromatic N) is 3. The molecule has 0 spiro atoms. The first-order valence-electron chi connectivity index (χ1n) is 16.3. The molecule has 1 amide bonds. The molecule has 1 unspecified atom stereocenters. The highest BCUT2D eigenvalue weighted by molar-refractivity contribution is 6.32. The van der Waals surface area contributed by atoms with Gasteiger partial charge in [-0.2, -0.15) is 5.26 Å². The van der Waals surface area contributed by atoms with Gasteiger partial charge in [0, 0.05) is 49.2 Å². The second-order valence-corrected chi connectivity index (χ2v) is 12.9. The number of β-amino-alcohol motifs (C(OH)–C–C–N with tert-alkyl or cyclic N) is 1. The van der Waals surface area contributed by atoms with Crippen molar-refractivity contribution in [1.82, 2.24) is 15.2 Å². The summed E-state index contributed by atoms with van der Waals surface area (Å²) in [6.45, 7) is 3.68. The summed E-state index contributed by atoms with van der Waals surface area (Å²) in [7, 11) is 0. The number of ether oxygens (including phenoxy) is 3. The van der Waals surface area contributed by atoms with Gasteiger partial charge >= 0.3 is 5.97 Å². The number of carboxylic acids is 1. The van der Waals surface area contributed by atoms with Crippen molar-refractivity contribution in [2.24, 2.45) is 0 Å². The Hall–Kier alpha value is -5.19. The fourth-order valence-corrected chi connectivity index (χ4v) is 5.74. The second kappa shape index (κ2) is 16.7. The van der Waals surface area contributed by atoms with E-state index in [4.69, 9.17) is 25.8 Å². The highest BCUT2D eigenvalue weighted by Gasteiger charge is 2.32. The van der Waals surface area contributed by atoms with Gasteiger partial charge in [-0.15, -0.1) is 0 Å². The van der Waals surface area contributed by atoms with Crippen LogP contribution in [0.5, 0.6) is 17.2 Å². The van der Waals surface area contributed by atoms with E-state index < -0.39 is 24.2 Å². The number of amides is 1. The van der Waals surface area contributed by atoms with Crippen LogP contribution in [0.1, 0.15) is 41.2 Å². The Kier molecular flexibility index (Phi) is 12.1. The third-order valence-electron chi connectivity index (χ3n) is 8.74. The van der Waals surface area contributed by atoms with Gasteiger partial charge in [-0.05, 0) is 66.8 Å². The summed E-state index contributed by atoms with van der Waals surface area (Å²) in [4.78, 5) is 30.0. The van der Waals surface area contributed by atoms with Crippen LogP contribution in [-0.4, -0.2) is 75.0 Å². The molecule has 1 aromatic heterocycles. The number of carbonyl (C=O) groups excluding carboxylic acids is 1. The molecule has 51 heavy (non-hydrogen) atoms. The molecular formula is C38H39ClN4O8. The molecule has 1 fully saturated rings.